The zero-order valence-electron chi connectivity index (χ0n) is 10.6. The molecular weight excluding hydrogens is 240 g/mol. The predicted octanol–water partition coefficient (Wildman–Crippen LogP) is 0.949. The van der Waals surface area contributed by atoms with Gasteiger partial charge in [-0.2, -0.15) is 0 Å². The highest BCUT2D eigenvalue weighted by molar-refractivity contribution is 5.85. The van der Waals surface area contributed by atoms with Crippen molar-refractivity contribution >= 4 is 18.3 Å². The summed E-state index contributed by atoms with van der Waals surface area (Å²) >= 11 is 0. The van der Waals surface area contributed by atoms with Crippen molar-refractivity contribution in [1.82, 2.24) is 10.6 Å². The number of nitrogens with one attached hydrogen (secondary N) is 2. The van der Waals surface area contributed by atoms with E-state index in [9.17, 15) is 4.79 Å². The Morgan fingerprint density at radius 1 is 1.53 bits per heavy atom. The molecule has 0 radical (unpaired) electrons. The van der Waals surface area contributed by atoms with Gasteiger partial charge in [-0.05, 0) is 24.2 Å². The molecule has 100 valence electrons. The Kier molecular flexibility index (Phi) is 5.22. The van der Waals surface area contributed by atoms with E-state index in [2.05, 4.69) is 24.5 Å². The summed E-state index contributed by atoms with van der Waals surface area (Å²) in [5, 5.41) is 6.22. The molecule has 17 heavy (non-hydrogen) atoms. The van der Waals surface area contributed by atoms with E-state index >= 15 is 0 Å². The van der Waals surface area contributed by atoms with Crippen molar-refractivity contribution in [2.75, 3.05) is 26.3 Å². The average Bonchev–Trinajstić information content (AvgIpc) is 3.08. The Morgan fingerprint density at radius 2 is 2.24 bits per heavy atom. The lowest BCUT2D eigenvalue weighted by atomic mass is 9.92. The van der Waals surface area contributed by atoms with Gasteiger partial charge in [0.2, 0.25) is 5.91 Å². The van der Waals surface area contributed by atoms with Crippen LogP contribution < -0.4 is 10.6 Å². The molecule has 0 aromatic heterocycles. The minimum Gasteiger partial charge on any atom is -0.378 e. The fraction of sp³-hybridized carbons (Fsp3) is 0.917. The number of carbonyl (C=O) groups is 1. The Morgan fingerprint density at radius 3 is 2.71 bits per heavy atom. The van der Waals surface area contributed by atoms with Crippen LogP contribution in [0.4, 0.5) is 0 Å². The molecule has 1 heterocycles. The van der Waals surface area contributed by atoms with Crippen LogP contribution in [0.15, 0.2) is 0 Å². The molecule has 1 unspecified atom stereocenters. The minimum atomic E-state index is -0.156. The molecular formula is C12H23ClN2O2. The quantitative estimate of drug-likeness (QED) is 0.793. The Bertz CT molecular complexity index is 261. The van der Waals surface area contributed by atoms with Gasteiger partial charge in [0.15, 0.2) is 0 Å². The van der Waals surface area contributed by atoms with Crippen LogP contribution in [-0.2, 0) is 9.53 Å². The second-order valence-corrected chi connectivity index (χ2v) is 5.32. The first kappa shape index (κ1) is 14.7. The zero-order valence-corrected chi connectivity index (χ0v) is 11.4. The Labute approximate surface area is 109 Å². The number of rotatable bonds is 4. The molecule has 2 aliphatic rings. The van der Waals surface area contributed by atoms with Crippen molar-refractivity contribution in [2.45, 2.75) is 32.7 Å². The first-order valence-corrected chi connectivity index (χ1v) is 6.23. The largest absolute Gasteiger partial charge is 0.378 e. The topological polar surface area (TPSA) is 50.4 Å². The standard InChI is InChI=1S/C12H22N2O2.ClH/c1-9(2)12(3-4-12)8-14-11(15)10-7-16-6-5-13-10;/h9-10,13H,3-8H2,1-2H3,(H,14,15);1H. The summed E-state index contributed by atoms with van der Waals surface area (Å²) in [4.78, 5) is 11.8. The summed E-state index contributed by atoms with van der Waals surface area (Å²) in [5.41, 5.74) is 0.380. The number of morpholine rings is 1. The van der Waals surface area contributed by atoms with Gasteiger partial charge in [0, 0.05) is 13.1 Å². The van der Waals surface area contributed by atoms with E-state index in [-0.39, 0.29) is 24.4 Å². The maximum atomic E-state index is 11.8. The SMILES string of the molecule is CC(C)C1(CNC(=O)C2COCCN2)CC1.Cl. The molecule has 1 amide bonds. The van der Waals surface area contributed by atoms with E-state index in [1.54, 1.807) is 0 Å². The van der Waals surface area contributed by atoms with E-state index in [0.717, 1.165) is 13.1 Å². The fourth-order valence-electron chi connectivity index (χ4n) is 2.24. The summed E-state index contributed by atoms with van der Waals surface area (Å²) in [5.74, 6) is 0.745. The Hall–Kier alpha value is -0.320. The van der Waals surface area contributed by atoms with Gasteiger partial charge in [-0.15, -0.1) is 12.4 Å². The lowest BCUT2D eigenvalue weighted by Crippen LogP contribution is -2.52. The highest BCUT2D eigenvalue weighted by atomic mass is 35.5. The molecule has 2 N–H and O–H groups in total. The third-order valence-corrected chi connectivity index (χ3v) is 3.97. The average molecular weight is 263 g/mol. The maximum Gasteiger partial charge on any atom is 0.239 e. The number of hydrogen-bond donors (Lipinski definition) is 2. The normalized spacial score (nSPS) is 26.2. The second-order valence-electron chi connectivity index (χ2n) is 5.32. The smallest absolute Gasteiger partial charge is 0.239 e. The number of halogens is 1. The zero-order chi connectivity index (χ0) is 11.6. The molecule has 1 aliphatic carbocycles. The molecule has 4 nitrogen and oxygen atoms in total. The minimum absolute atomic E-state index is 0. The predicted molar refractivity (Wildman–Crippen MR) is 69.4 cm³/mol. The van der Waals surface area contributed by atoms with Gasteiger partial charge >= 0.3 is 0 Å². The van der Waals surface area contributed by atoms with E-state index in [0.29, 0.717) is 24.5 Å². The van der Waals surface area contributed by atoms with Crippen LogP contribution in [-0.4, -0.2) is 38.3 Å². The molecule has 2 fully saturated rings. The van der Waals surface area contributed by atoms with Crippen molar-refractivity contribution in [1.29, 1.82) is 0 Å². The van der Waals surface area contributed by atoms with Crippen LogP contribution in [0.2, 0.25) is 0 Å². The maximum absolute atomic E-state index is 11.8. The second kappa shape index (κ2) is 6.03. The van der Waals surface area contributed by atoms with Gasteiger partial charge in [-0.25, -0.2) is 0 Å². The summed E-state index contributed by atoms with van der Waals surface area (Å²) in [6.45, 7) is 7.28. The summed E-state index contributed by atoms with van der Waals surface area (Å²) in [7, 11) is 0. The number of ether oxygens (including phenoxy) is 1. The van der Waals surface area contributed by atoms with Gasteiger partial charge in [-0.3, -0.25) is 4.79 Å². The third kappa shape index (κ3) is 3.57. The molecule has 0 spiro atoms. The van der Waals surface area contributed by atoms with Crippen molar-refractivity contribution in [3.8, 4) is 0 Å². The van der Waals surface area contributed by atoms with Gasteiger partial charge in [-0.1, -0.05) is 13.8 Å². The molecule has 2 rings (SSSR count). The first-order valence-electron chi connectivity index (χ1n) is 6.23. The van der Waals surface area contributed by atoms with E-state index in [1.165, 1.54) is 12.8 Å². The lowest BCUT2D eigenvalue weighted by Gasteiger charge is -2.25. The van der Waals surface area contributed by atoms with Gasteiger partial charge < -0.3 is 15.4 Å². The lowest BCUT2D eigenvalue weighted by molar-refractivity contribution is -0.126. The molecule has 0 aromatic rings. The summed E-state index contributed by atoms with van der Waals surface area (Å²) in [6.07, 6.45) is 2.50. The molecule has 1 saturated heterocycles. The fourth-order valence-corrected chi connectivity index (χ4v) is 2.24. The third-order valence-electron chi connectivity index (χ3n) is 3.97. The monoisotopic (exact) mass is 262 g/mol. The summed E-state index contributed by atoms with van der Waals surface area (Å²) in [6, 6.07) is -0.156. The van der Waals surface area contributed by atoms with Crippen molar-refractivity contribution in [3.63, 3.8) is 0 Å². The molecule has 0 bridgehead atoms. The van der Waals surface area contributed by atoms with Gasteiger partial charge in [0.1, 0.15) is 6.04 Å². The number of carbonyl (C=O) groups excluding carboxylic acids is 1. The van der Waals surface area contributed by atoms with Crippen LogP contribution >= 0.6 is 12.4 Å². The van der Waals surface area contributed by atoms with Crippen molar-refractivity contribution in [3.05, 3.63) is 0 Å². The van der Waals surface area contributed by atoms with Gasteiger partial charge in [0.25, 0.3) is 0 Å². The van der Waals surface area contributed by atoms with Crippen LogP contribution in [0, 0.1) is 11.3 Å². The van der Waals surface area contributed by atoms with E-state index in [1.807, 2.05) is 0 Å². The van der Waals surface area contributed by atoms with Crippen LogP contribution in [0.1, 0.15) is 26.7 Å². The summed E-state index contributed by atoms with van der Waals surface area (Å²) < 4.78 is 5.27. The number of amides is 1. The van der Waals surface area contributed by atoms with Crippen molar-refractivity contribution in [2.24, 2.45) is 11.3 Å². The van der Waals surface area contributed by atoms with Crippen molar-refractivity contribution < 1.29 is 9.53 Å². The molecule has 1 saturated carbocycles. The molecule has 5 heteroatoms. The molecule has 1 atom stereocenters. The van der Waals surface area contributed by atoms with Crippen LogP contribution in [0.5, 0.6) is 0 Å². The number of hydrogen-bond acceptors (Lipinski definition) is 3. The first-order chi connectivity index (χ1) is 7.64. The molecule has 1 aliphatic heterocycles. The van der Waals surface area contributed by atoms with Crippen LogP contribution in [0.25, 0.3) is 0 Å². The van der Waals surface area contributed by atoms with Crippen LogP contribution in [0.3, 0.4) is 0 Å². The highest BCUT2D eigenvalue weighted by Gasteiger charge is 2.45. The Balaban J connectivity index is 0.00000144. The van der Waals surface area contributed by atoms with Gasteiger partial charge in [0.05, 0.1) is 13.2 Å². The van der Waals surface area contributed by atoms with E-state index < -0.39 is 0 Å². The highest BCUT2D eigenvalue weighted by Crippen LogP contribution is 2.51. The van der Waals surface area contributed by atoms with E-state index in [4.69, 9.17) is 4.74 Å². The molecule has 0 aromatic carbocycles.